The van der Waals surface area contributed by atoms with Crippen LogP contribution in [0.15, 0.2) is 42.5 Å². The Morgan fingerprint density at radius 3 is 2.42 bits per heavy atom. The fourth-order valence-electron chi connectivity index (χ4n) is 2.01. The van der Waals surface area contributed by atoms with Crippen LogP contribution in [0.1, 0.15) is 26.3 Å². The van der Waals surface area contributed by atoms with Crippen LogP contribution in [-0.4, -0.2) is 37.9 Å². The first kappa shape index (κ1) is 19.9. The van der Waals surface area contributed by atoms with Crippen molar-refractivity contribution in [2.75, 3.05) is 19.8 Å². The molecule has 1 aromatic carbocycles. The lowest BCUT2D eigenvalue weighted by Crippen LogP contribution is -2.54. The van der Waals surface area contributed by atoms with Gasteiger partial charge in [0, 0.05) is 5.57 Å². The maximum absolute atomic E-state index is 12.1. The van der Waals surface area contributed by atoms with E-state index in [1.165, 1.54) is 6.92 Å². The molecule has 0 amide bonds. The van der Waals surface area contributed by atoms with E-state index in [1.54, 1.807) is 13.8 Å². The van der Waals surface area contributed by atoms with Gasteiger partial charge in [0.15, 0.2) is 6.61 Å². The molecule has 8 nitrogen and oxygen atoms in total. The molecule has 1 heterocycles. The molecular formula is C18H22O8. The molecule has 1 unspecified atom stereocenters. The van der Waals surface area contributed by atoms with Crippen LogP contribution in [0.25, 0.3) is 0 Å². The average Bonchev–Trinajstić information content (AvgIpc) is 2.56. The van der Waals surface area contributed by atoms with Gasteiger partial charge in [0.05, 0.1) is 6.61 Å². The first-order valence-corrected chi connectivity index (χ1v) is 7.99. The minimum absolute atomic E-state index is 0.0648. The molecule has 142 valence electrons. The van der Waals surface area contributed by atoms with Crippen molar-refractivity contribution in [2.45, 2.75) is 32.3 Å². The van der Waals surface area contributed by atoms with Crippen LogP contribution in [0.4, 0.5) is 4.79 Å². The van der Waals surface area contributed by atoms with E-state index in [9.17, 15) is 9.59 Å². The second-order valence-corrected chi connectivity index (χ2v) is 6.12. The maximum atomic E-state index is 12.1. The van der Waals surface area contributed by atoms with Gasteiger partial charge in [-0.25, -0.2) is 14.5 Å². The molecule has 8 heteroatoms. The van der Waals surface area contributed by atoms with Crippen LogP contribution in [0.5, 0.6) is 0 Å². The van der Waals surface area contributed by atoms with Gasteiger partial charge in [-0.3, -0.25) is 0 Å². The van der Waals surface area contributed by atoms with Crippen molar-refractivity contribution in [3.63, 3.8) is 0 Å². The van der Waals surface area contributed by atoms with Crippen LogP contribution >= 0.6 is 0 Å². The number of carbonyl (C=O) groups excluding carboxylic acids is 2. The largest absolute Gasteiger partial charge is 0.513 e. The van der Waals surface area contributed by atoms with E-state index in [4.69, 9.17) is 23.8 Å². The highest BCUT2D eigenvalue weighted by Crippen LogP contribution is 2.29. The zero-order chi connectivity index (χ0) is 19.2. The number of rotatable bonds is 8. The van der Waals surface area contributed by atoms with E-state index < -0.39 is 23.7 Å². The van der Waals surface area contributed by atoms with Gasteiger partial charge in [-0.1, -0.05) is 36.9 Å². The third-order valence-electron chi connectivity index (χ3n) is 3.45. The maximum Gasteiger partial charge on any atom is 0.513 e. The van der Waals surface area contributed by atoms with E-state index >= 15 is 0 Å². The Morgan fingerprint density at radius 1 is 1.23 bits per heavy atom. The normalized spacial score (nSPS) is 19.2. The standard InChI is InChI=1S/C18H22O8/c1-13(2)15(19)21-10-11-22-18(12-23-26-18)25-16(20)24-17(3,4)14-8-6-5-7-9-14/h5-9H,1,10-12H2,2-4H3. The summed E-state index contributed by atoms with van der Waals surface area (Å²) in [5, 5.41) is 0. The van der Waals surface area contributed by atoms with Gasteiger partial charge in [-0.2, -0.15) is 4.89 Å². The quantitative estimate of drug-likeness (QED) is 0.228. The summed E-state index contributed by atoms with van der Waals surface area (Å²) in [6.45, 7) is 8.18. The Morgan fingerprint density at radius 2 is 1.88 bits per heavy atom. The Kier molecular flexibility index (Phi) is 6.36. The Bertz CT molecular complexity index is 648. The van der Waals surface area contributed by atoms with Crippen LogP contribution in [0.3, 0.4) is 0 Å². The van der Waals surface area contributed by atoms with Crippen LogP contribution in [0, 0.1) is 0 Å². The lowest BCUT2D eigenvalue weighted by molar-refractivity contribution is -0.597. The number of carbonyl (C=O) groups is 2. The summed E-state index contributed by atoms with van der Waals surface area (Å²) in [5.41, 5.74) is 0.150. The summed E-state index contributed by atoms with van der Waals surface area (Å²) in [4.78, 5) is 32.7. The van der Waals surface area contributed by atoms with Crippen molar-refractivity contribution >= 4 is 12.1 Å². The second-order valence-electron chi connectivity index (χ2n) is 6.12. The van der Waals surface area contributed by atoms with Gasteiger partial charge in [0.2, 0.25) is 0 Å². The summed E-state index contributed by atoms with van der Waals surface area (Å²) in [5.74, 6) is -2.27. The summed E-state index contributed by atoms with van der Waals surface area (Å²) >= 11 is 0. The third-order valence-corrected chi connectivity index (χ3v) is 3.45. The van der Waals surface area contributed by atoms with E-state index in [2.05, 4.69) is 11.5 Å². The molecular weight excluding hydrogens is 344 g/mol. The third kappa shape index (κ3) is 5.29. The van der Waals surface area contributed by atoms with E-state index in [0.717, 1.165) is 5.56 Å². The minimum atomic E-state index is -1.72. The molecule has 1 aromatic rings. The molecule has 2 rings (SSSR count). The number of esters is 1. The molecule has 1 aliphatic heterocycles. The molecule has 0 radical (unpaired) electrons. The van der Waals surface area contributed by atoms with Crippen molar-refractivity contribution in [2.24, 2.45) is 0 Å². The first-order chi connectivity index (χ1) is 12.2. The summed E-state index contributed by atoms with van der Waals surface area (Å²) < 4.78 is 20.6. The highest BCUT2D eigenvalue weighted by Gasteiger charge is 2.49. The van der Waals surface area contributed by atoms with Crippen molar-refractivity contribution in [3.05, 3.63) is 48.0 Å². The lowest BCUT2D eigenvalue weighted by atomic mass is 9.98. The average molecular weight is 366 g/mol. The summed E-state index contributed by atoms with van der Waals surface area (Å²) in [7, 11) is 0. The molecule has 0 spiro atoms. The van der Waals surface area contributed by atoms with Gasteiger partial charge >= 0.3 is 18.1 Å². The minimum Gasteiger partial charge on any atom is -0.460 e. The lowest BCUT2D eigenvalue weighted by Gasteiger charge is -2.37. The zero-order valence-electron chi connectivity index (χ0n) is 15.0. The van der Waals surface area contributed by atoms with Crippen molar-refractivity contribution in [1.82, 2.24) is 0 Å². The summed E-state index contributed by atoms with van der Waals surface area (Å²) in [6.07, 6.45) is -0.985. The highest BCUT2D eigenvalue weighted by molar-refractivity contribution is 5.86. The predicted octanol–water partition coefficient (Wildman–Crippen LogP) is 2.83. The number of ether oxygens (including phenoxy) is 4. The fraction of sp³-hybridized carbons (Fsp3) is 0.444. The van der Waals surface area contributed by atoms with Gasteiger partial charge in [0.25, 0.3) is 0 Å². The molecule has 1 aliphatic rings. The monoisotopic (exact) mass is 366 g/mol. The molecule has 1 atom stereocenters. The SMILES string of the molecule is C=C(C)C(=O)OCCOC1(OC(=O)OC(C)(C)c2ccccc2)COO1. The molecule has 0 bridgehead atoms. The number of benzene rings is 1. The first-order valence-electron chi connectivity index (χ1n) is 7.99. The van der Waals surface area contributed by atoms with Gasteiger partial charge in [0.1, 0.15) is 12.2 Å². The van der Waals surface area contributed by atoms with E-state index in [-0.39, 0.29) is 25.4 Å². The predicted molar refractivity (Wildman–Crippen MR) is 88.5 cm³/mol. The van der Waals surface area contributed by atoms with E-state index in [0.29, 0.717) is 0 Å². The van der Waals surface area contributed by atoms with Crippen LogP contribution < -0.4 is 0 Å². The second kappa shape index (κ2) is 8.31. The molecule has 1 saturated heterocycles. The Hall–Kier alpha value is -2.42. The van der Waals surface area contributed by atoms with Crippen molar-refractivity contribution in [3.8, 4) is 0 Å². The zero-order valence-corrected chi connectivity index (χ0v) is 15.0. The molecule has 0 saturated carbocycles. The molecule has 1 fully saturated rings. The van der Waals surface area contributed by atoms with Gasteiger partial charge in [-0.15, -0.1) is 0 Å². The van der Waals surface area contributed by atoms with Crippen molar-refractivity contribution in [1.29, 1.82) is 0 Å². The van der Waals surface area contributed by atoms with Crippen LogP contribution in [0.2, 0.25) is 0 Å². The topological polar surface area (TPSA) is 89.5 Å². The smallest absolute Gasteiger partial charge is 0.460 e. The molecule has 0 aromatic heterocycles. The van der Waals surface area contributed by atoms with Gasteiger partial charge in [-0.05, 0) is 26.3 Å². The number of hydrogen-bond acceptors (Lipinski definition) is 8. The highest BCUT2D eigenvalue weighted by atomic mass is 17.3. The summed E-state index contributed by atoms with van der Waals surface area (Å²) in [6, 6.07) is 9.20. The van der Waals surface area contributed by atoms with Crippen molar-refractivity contribution < 1.29 is 38.3 Å². The Balaban J connectivity index is 1.83. The number of hydrogen-bond donors (Lipinski definition) is 0. The molecule has 0 aliphatic carbocycles. The van der Waals surface area contributed by atoms with E-state index in [1.807, 2.05) is 30.3 Å². The molecule has 26 heavy (non-hydrogen) atoms. The molecule has 0 N–H and O–H groups in total. The van der Waals surface area contributed by atoms with Gasteiger partial charge < -0.3 is 18.9 Å². The fourth-order valence-corrected chi connectivity index (χ4v) is 2.01. The van der Waals surface area contributed by atoms with Crippen LogP contribution in [-0.2, 0) is 39.1 Å². The Labute approximate surface area is 151 Å².